The van der Waals surface area contributed by atoms with Crippen LogP contribution in [0.3, 0.4) is 0 Å². The number of benzene rings is 4. The van der Waals surface area contributed by atoms with E-state index >= 15 is 0 Å². The van der Waals surface area contributed by atoms with Gasteiger partial charge in [0.25, 0.3) is 11.4 Å². The highest BCUT2D eigenvalue weighted by atomic mass is 16.6. The van der Waals surface area contributed by atoms with Gasteiger partial charge in [-0.2, -0.15) is 0 Å². The predicted octanol–water partition coefficient (Wildman–Crippen LogP) is 12.8. The molecule has 0 aliphatic rings. The SMILES string of the molecule is CC(C)(C)CC(C)(C)c1cc(N=Nc2ccccc2[N+](=O)[O-])c(O)c(-c2cc(C(C)(C)CC(C)(C)C)cc(N=Nc3ccccc3[N+](=O)[O-])c2O)c1. The van der Waals surface area contributed by atoms with Crippen LogP contribution in [0.5, 0.6) is 11.5 Å². The molecule has 4 aromatic rings. The molecule has 52 heavy (non-hydrogen) atoms. The van der Waals surface area contributed by atoms with Gasteiger partial charge in [0.2, 0.25) is 0 Å². The van der Waals surface area contributed by atoms with Crippen molar-refractivity contribution < 1.29 is 20.1 Å². The number of rotatable bonds is 11. The second-order valence-electron chi connectivity index (χ2n) is 16.9. The van der Waals surface area contributed by atoms with E-state index in [0.29, 0.717) is 0 Å². The topological polar surface area (TPSA) is 176 Å². The number of phenols is 2. The van der Waals surface area contributed by atoms with Crippen LogP contribution in [0.4, 0.5) is 34.1 Å². The first-order valence-electron chi connectivity index (χ1n) is 17.0. The molecule has 2 N–H and O–H groups in total. The second-order valence-corrected chi connectivity index (χ2v) is 16.9. The lowest BCUT2D eigenvalue weighted by Gasteiger charge is -2.34. The third-order valence-electron chi connectivity index (χ3n) is 8.67. The Morgan fingerprint density at radius 3 is 1.13 bits per heavy atom. The van der Waals surface area contributed by atoms with Gasteiger partial charge in [0.15, 0.2) is 22.9 Å². The van der Waals surface area contributed by atoms with E-state index < -0.39 is 20.7 Å². The standard InChI is InChI=1S/C40H48N6O6/c1-37(2,3)23-39(7,8)25-19-27(35(47)31(21-25)43-41-29-15-11-13-17-33(29)45(49)50)28-20-26(40(9,10)24-38(4,5)6)22-32(36(28)48)44-42-30-16-12-14-18-34(30)46(51)52/h11-22,47-48H,23-24H2,1-10H3. The van der Waals surface area contributed by atoms with E-state index in [1.807, 2.05) is 12.1 Å². The largest absolute Gasteiger partial charge is 0.505 e. The van der Waals surface area contributed by atoms with Crippen molar-refractivity contribution in [2.75, 3.05) is 0 Å². The Kier molecular flexibility index (Phi) is 11.0. The summed E-state index contributed by atoms with van der Waals surface area (Å²) < 4.78 is 0. The van der Waals surface area contributed by atoms with Crippen molar-refractivity contribution in [2.24, 2.45) is 31.3 Å². The lowest BCUT2D eigenvalue weighted by Crippen LogP contribution is -2.25. The number of azo groups is 2. The maximum Gasteiger partial charge on any atom is 0.296 e. The van der Waals surface area contributed by atoms with Crippen molar-refractivity contribution >= 4 is 34.1 Å². The first-order valence-corrected chi connectivity index (χ1v) is 17.0. The van der Waals surface area contributed by atoms with Crippen molar-refractivity contribution in [3.05, 3.63) is 104 Å². The van der Waals surface area contributed by atoms with E-state index in [0.717, 1.165) is 24.0 Å². The number of phenolic OH excluding ortho intramolecular Hbond substituents is 2. The van der Waals surface area contributed by atoms with Crippen molar-refractivity contribution in [3.8, 4) is 22.6 Å². The van der Waals surface area contributed by atoms with Gasteiger partial charge in [-0.15, -0.1) is 20.5 Å². The van der Waals surface area contributed by atoms with Crippen molar-refractivity contribution in [3.63, 3.8) is 0 Å². The predicted molar refractivity (Wildman–Crippen MR) is 204 cm³/mol. The molecule has 0 saturated carbocycles. The smallest absolute Gasteiger partial charge is 0.296 e. The van der Waals surface area contributed by atoms with Crippen LogP contribution in [0, 0.1) is 31.1 Å². The molecular weight excluding hydrogens is 660 g/mol. The Balaban J connectivity index is 2.05. The molecule has 0 spiro atoms. The zero-order chi connectivity index (χ0) is 38.8. The molecule has 274 valence electrons. The molecule has 0 unspecified atom stereocenters. The molecule has 0 aliphatic carbocycles. The Morgan fingerprint density at radius 2 is 0.827 bits per heavy atom. The average molecular weight is 709 g/mol. The van der Waals surface area contributed by atoms with Crippen LogP contribution in [0.25, 0.3) is 11.1 Å². The quantitative estimate of drug-likeness (QED) is 0.0889. The van der Waals surface area contributed by atoms with Gasteiger partial charge in [0, 0.05) is 23.3 Å². The Morgan fingerprint density at radius 1 is 0.519 bits per heavy atom. The van der Waals surface area contributed by atoms with Crippen LogP contribution in [0.1, 0.15) is 93.2 Å². The normalized spacial score (nSPS) is 12.9. The van der Waals surface area contributed by atoms with Gasteiger partial charge in [-0.3, -0.25) is 20.2 Å². The molecule has 0 aliphatic heterocycles. The molecule has 0 radical (unpaired) electrons. The lowest BCUT2D eigenvalue weighted by molar-refractivity contribution is -0.384. The number of para-hydroxylation sites is 2. The van der Waals surface area contributed by atoms with Gasteiger partial charge in [0.05, 0.1) is 9.85 Å². The van der Waals surface area contributed by atoms with E-state index in [1.54, 1.807) is 24.3 Å². The molecule has 0 bridgehead atoms. The average Bonchev–Trinajstić information content (AvgIpc) is 3.01. The number of hydrogen-bond acceptors (Lipinski definition) is 10. The Hall–Kier alpha value is -5.52. The first-order chi connectivity index (χ1) is 24.0. The summed E-state index contributed by atoms with van der Waals surface area (Å²) >= 11 is 0. The molecule has 0 fully saturated rings. The fourth-order valence-corrected chi connectivity index (χ4v) is 7.06. The summed E-state index contributed by atoms with van der Waals surface area (Å²) in [4.78, 5) is 22.3. The zero-order valence-electron chi connectivity index (χ0n) is 31.6. The number of aromatic hydroxyl groups is 2. The van der Waals surface area contributed by atoms with Gasteiger partial charge >= 0.3 is 0 Å². The van der Waals surface area contributed by atoms with E-state index in [4.69, 9.17) is 0 Å². The molecule has 0 heterocycles. The highest BCUT2D eigenvalue weighted by Crippen LogP contribution is 2.51. The minimum Gasteiger partial charge on any atom is -0.505 e. The van der Waals surface area contributed by atoms with Crippen LogP contribution in [0.15, 0.2) is 93.3 Å². The van der Waals surface area contributed by atoms with Gasteiger partial charge in [0.1, 0.15) is 11.4 Å². The summed E-state index contributed by atoms with van der Waals surface area (Å²) in [5, 5.41) is 64.2. The third kappa shape index (κ3) is 9.42. The summed E-state index contributed by atoms with van der Waals surface area (Å²) in [7, 11) is 0. The molecule has 12 nitrogen and oxygen atoms in total. The van der Waals surface area contributed by atoms with Crippen molar-refractivity contribution in [1.29, 1.82) is 0 Å². The Labute approximate surface area is 304 Å². The fraction of sp³-hybridized carbons (Fsp3) is 0.400. The summed E-state index contributed by atoms with van der Waals surface area (Å²) in [5.74, 6) is -0.611. The number of nitro benzene ring substituents is 2. The molecule has 4 aromatic carbocycles. The maximum atomic E-state index is 11.9. The minimum absolute atomic E-state index is 0.0132. The van der Waals surface area contributed by atoms with Crippen LogP contribution in [-0.4, -0.2) is 20.1 Å². The van der Waals surface area contributed by atoms with Gasteiger partial charge in [-0.05, 0) is 82.0 Å². The summed E-state index contributed by atoms with van der Waals surface area (Å²) in [6.45, 7) is 21.1. The third-order valence-corrected chi connectivity index (χ3v) is 8.67. The van der Waals surface area contributed by atoms with E-state index in [2.05, 4.69) is 89.7 Å². The Bertz CT molecular complexity index is 1910. The van der Waals surface area contributed by atoms with Crippen molar-refractivity contribution in [1.82, 2.24) is 0 Å². The van der Waals surface area contributed by atoms with Gasteiger partial charge in [-0.1, -0.05) is 93.5 Å². The summed E-state index contributed by atoms with van der Waals surface area (Å²) in [6, 6.07) is 18.9. The van der Waals surface area contributed by atoms with Gasteiger partial charge < -0.3 is 10.2 Å². The summed E-state index contributed by atoms with van der Waals surface area (Å²) in [5.41, 5.74) is 0.610. The van der Waals surface area contributed by atoms with Crippen LogP contribution >= 0.6 is 0 Å². The zero-order valence-corrected chi connectivity index (χ0v) is 31.6. The fourth-order valence-electron chi connectivity index (χ4n) is 7.06. The molecule has 0 amide bonds. The molecule has 12 heteroatoms. The maximum absolute atomic E-state index is 11.9. The second kappa shape index (κ2) is 14.6. The first kappa shape index (κ1) is 39.3. The number of hydrogen-bond donors (Lipinski definition) is 2. The number of nitro groups is 2. The minimum atomic E-state index is -0.550. The molecule has 0 aromatic heterocycles. The summed E-state index contributed by atoms with van der Waals surface area (Å²) in [6.07, 6.45) is 1.48. The van der Waals surface area contributed by atoms with E-state index in [9.17, 15) is 30.4 Å². The van der Waals surface area contributed by atoms with Crippen LogP contribution in [0.2, 0.25) is 0 Å². The van der Waals surface area contributed by atoms with Crippen molar-refractivity contribution in [2.45, 2.75) is 92.9 Å². The molecular formula is C40H48N6O6. The number of nitrogens with zero attached hydrogens (tertiary/aromatic N) is 6. The van der Waals surface area contributed by atoms with E-state index in [1.165, 1.54) is 36.4 Å². The monoisotopic (exact) mass is 708 g/mol. The van der Waals surface area contributed by atoms with Gasteiger partial charge in [-0.25, -0.2) is 0 Å². The molecule has 4 rings (SSSR count). The highest BCUT2D eigenvalue weighted by Gasteiger charge is 2.32. The van der Waals surface area contributed by atoms with Crippen LogP contribution in [-0.2, 0) is 10.8 Å². The highest BCUT2D eigenvalue weighted by molar-refractivity contribution is 5.85. The molecule has 0 saturated heterocycles. The molecule has 0 atom stereocenters. The van der Waals surface area contributed by atoms with Crippen LogP contribution < -0.4 is 0 Å². The van der Waals surface area contributed by atoms with E-state index in [-0.39, 0.29) is 67.6 Å². The lowest BCUT2D eigenvalue weighted by atomic mass is 9.71.